The third-order valence-corrected chi connectivity index (χ3v) is 16.1. The lowest BCUT2D eigenvalue weighted by Crippen LogP contribution is -2.68. The summed E-state index contributed by atoms with van der Waals surface area (Å²) >= 11 is 0. The minimum absolute atomic E-state index is 0.00973. The molecule has 10 heteroatoms. The van der Waals surface area contributed by atoms with Gasteiger partial charge in [0.15, 0.2) is 6.29 Å². The molecule has 0 bridgehead atoms. The molecule has 1 heterocycles. The van der Waals surface area contributed by atoms with E-state index in [0.717, 1.165) is 44.9 Å². The van der Waals surface area contributed by atoms with Gasteiger partial charge in [-0.2, -0.15) is 0 Å². The van der Waals surface area contributed by atoms with E-state index in [1.54, 1.807) is 21.0 Å². The number of hydrogen-bond acceptors (Lipinski definition) is 10. The van der Waals surface area contributed by atoms with E-state index in [0.29, 0.717) is 24.7 Å². The van der Waals surface area contributed by atoms with Gasteiger partial charge in [-0.25, -0.2) is 0 Å². The molecular weight excluding hydrogens is 604 g/mol. The molecule has 5 saturated carbocycles. The van der Waals surface area contributed by atoms with Crippen molar-refractivity contribution in [2.45, 2.75) is 167 Å². The van der Waals surface area contributed by atoms with Crippen LogP contribution in [0.1, 0.15) is 106 Å². The van der Waals surface area contributed by atoms with Crippen LogP contribution in [0.4, 0.5) is 0 Å². The average Bonchev–Trinajstić information content (AvgIpc) is 3.59. The van der Waals surface area contributed by atoms with Crippen molar-refractivity contribution in [3.8, 4) is 0 Å². The molecule has 0 aromatic rings. The summed E-state index contributed by atoms with van der Waals surface area (Å²) in [5.41, 5.74) is -1.44. The molecule has 6 aliphatic rings. The predicted molar refractivity (Wildman–Crippen MR) is 174 cm³/mol. The number of fused-ring (bicyclic) bond motifs is 3. The fraction of sp³-hybridized carbons (Fsp3) is 1.00. The van der Waals surface area contributed by atoms with E-state index >= 15 is 0 Å². The first-order valence-corrected chi connectivity index (χ1v) is 18.3. The van der Waals surface area contributed by atoms with Crippen LogP contribution in [-0.2, 0) is 14.2 Å². The Morgan fingerprint density at radius 2 is 1.57 bits per heavy atom. The Labute approximate surface area is 281 Å². The highest BCUT2D eigenvalue weighted by Crippen LogP contribution is 2.91. The zero-order valence-electron chi connectivity index (χ0n) is 29.9. The Kier molecular flexibility index (Phi) is 9.15. The van der Waals surface area contributed by atoms with Gasteiger partial charge in [0.05, 0.1) is 30.5 Å². The van der Waals surface area contributed by atoms with Crippen molar-refractivity contribution in [2.24, 2.45) is 50.7 Å². The maximum absolute atomic E-state index is 11.3. The van der Waals surface area contributed by atoms with Gasteiger partial charge in [0.1, 0.15) is 30.5 Å². The predicted octanol–water partition coefficient (Wildman–Crippen LogP) is 2.75. The highest BCUT2D eigenvalue weighted by molar-refractivity contribution is 5.33. The summed E-state index contributed by atoms with van der Waals surface area (Å²) in [4.78, 5) is 0. The zero-order chi connectivity index (χ0) is 34.7. The van der Waals surface area contributed by atoms with Crippen LogP contribution in [0.2, 0.25) is 0 Å². The topological polar surface area (TPSA) is 169 Å². The third-order valence-electron chi connectivity index (χ3n) is 16.1. The first-order valence-electron chi connectivity index (χ1n) is 18.3. The van der Waals surface area contributed by atoms with Gasteiger partial charge in [-0.05, 0) is 117 Å². The average molecular weight is 669 g/mol. The molecule has 0 amide bonds. The molecule has 0 spiro atoms. The van der Waals surface area contributed by atoms with E-state index in [2.05, 4.69) is 34.6 Å². The fourth-order valence-electron chi connectivity index (χ4n) is 13.2. The Hall–Kier alpha value is -0.400. The van der Waals surface area contributed by atoms with Crippen molar-refractivity contribution in [3.63, 3.8) is 0 Å². The number of aliphatic hydroxyl groups is 7. The molecule has 17 atom stereocenters. The van der Waals surface area contributed by atoms with Gasteiger partial charge in [0.25, 0.3) is 0 Å². The molecule has 0 aromatic carbocycles. The lowest BCUT2D eigenvalue weighted by atomic mass is 9.37. The highest BCUT2D eigenvalue weighted by Gasteiger charge is 2.85. The second kappa shape index (κ2) is 11.8. The summed E-state index contributed by atoms with van der Waals surface area (Å²) in [6, 6.07) is 0. The third kappa shape index (κ3) is 4.93. The van der Waals surface area contributed by atoms with Crippen molar-refractivity contribution < 1.29 is 50.0 Å². The van der Waals surface area contributed by atoms with Crippen LogP contribution in [0.5, 0.6) is 0 Å². The zero-order valence-corrected chi connectivity index (χ0v) is 29.9. The smallest absolute Gasteiger partial charge is 0.186 e. The van der Waals surface area contributed by atoms with Gasteiger partial charge in [0, 0.05) is 12.5 Å². The van der Waals surface area contributed by atoms with Gasteiger partial charge in [0.2, 0.25) is 0 Å². The van der Waals surface area contributed by atoms with Crippen molar-refractivity contribution in [1.29, 1.82) is 0 Å². The second-order valence-electron chi connectivity index (χ2n) is 18.5. The number of hydrogen-bond donors (Lipinski definition) is 7. The largest absolute Gasteiger partial charge is 0.394 e. The number of ether oxygens (including phenoxy) is 3. The van der Waals surface area contributed by atoms with Crippen LogP contribution >= 0.6 is 0 Å². The molecular formula is C37H64O10. The van der Waals surface area contributed by atoms with Gasteiger partial charge in [-0.15, -0.1) is 0 Å². The van der Waals surface area contributed by atoms with Gasteiger partial charge >= 0.3 is 0 Å². The Balaban J connectivity index is 1.34. The van der Waals surface area contributed by atoms with Crippen molar-refractivity contribution >= 4 is 0 Å². The summed E-state index contributed by atoms with van der Waals surface area (Å²) in [6.45, 7) is 14.5. The molecule has 6 rings (SSSR count). The Morgan fingerprint density at radius 3 is 2.21 bits per heavy atom. The first kappa shape index (κ1) is 36.4. The summed E-state index contributed by atoms with van der Waals surface area (Å²) in [5, 5.41) is 75.5. The van der Waals surface area contributed by atoms with Crippen LogP contribution in [0, 0.1) is 50.7 Å². The summed E-state index contributed by atoms with van der Waals surface area (Å²) in [7, 11) is 1.55. The molecule has 0 radical (unpaired) electrons. The van der Waals surface area contributed by atoms with Crippen LogP contribution in [0.25, 0.3) is 0 Å². The van der Waals surface area contributed by atoms with E-state index in [-0.39, 0.29) is 45.0 Å². The van der Waals surface area contributed by atoms with Crippen molar-refractivity contribution in [2.75, 3.05) is 13.7 Å². The van der Waals surface area contributed by atoms with E-state index in [9.17, 15) is 35.7 Å². The SMILES string of the molecule is COC(C)(C)C(O)C(O)CC(C)[C@@H]1CC[C@]23C[C@]12CC[C@@H]1[C@@]2(C)CC[C@@H](O)C(C)(C)[C@@H]2C[C@@H](O[C@@H]2O[C@H](CO)[C@@H](O)[C@H](O)[C@H]2O)[C@]13C. The molecule has 272 valence electrons. The van der Waals surface area contributed by atoms with Gasteiger partial charge < -0.3 is 50.0 Å². The molecule has 1 aliphatic heterocycles. The summed E-state index contributed by atoms with van der Waals surface area (Å²) < 4.78 is 18.4. The maximum Gasteiger partial charge on any atom is 0.186 e. The molecule has 10 nitrogen and oxygen atoms in total. The monoisotopic (exact) mass is 668 g/mol. The lowest BCUT2D eigenvalue weighted by molar-refractivity contribution is -0.344. The highest BCUT2D eigenvalue weighted by atomic mass is 16.7. The Morgan fingerprint density at radius 1 is 0.894 bits per heavy atom. The molecule has 5 aliphatic carbocycles. The summed E-state index contributed by atoms with van der Waals surface area (Å²) in [5.74, 6) is 1.04. The van der Waals surface area contributed by atoms with E-state index in [4.69, 9.17) is 14.2 Å². The maximum atomic E-state index is 11.3. The van der Waals surface area contributed by atoms with E-state index in [1.807, 2.05) is 0 Å². The molecule has 6 fully saturated rings. The number of methoxy groups -OCH3 is 1. The van der Waals surface area contributed by atoms with Crippen molar-refractivity contribution in [1.82, 2.24) is 0 Å². The Bertz CT molecular complexity index is 1160. The number of aliphatic hydroxyl groups excluding tert-OH is 7. The fourth-order valence-corrected chi connectivity index (χ4v) is 13.2. The van der Waals surface area contributed by atoms with E-state index in [1.165, 1.54) is 0 Å². The van der Waals surface area contributed by atoms with Crippen LogP contribution in [0.3, 0.4) is 0 Å². The van der Waals surface area contributed by atoms with Crippen LogP contribution < -0.4 is 0 Å². The summed E-state index contributed by atoms with van der Waals surface area (Å²) in [6.07, 6.45) is -1.21. The lowest BCUT2D eigenvalue weighted by Gasteiger charge is -2.69. The van der Waals surface area contributed by atoms with Gasteiger partial charge in [-0.3, -0.25) is 0 Å². The standard InChI is InChI=1S/C37H64O10/c1-19(15-21(39)30(44)33(4,5)45-8)20-9-14-37-18-36(20,37)13-10-23-34(6)12-11-25(40)32(2,3)24(34)16-26(35(23,37)7)47-31-29(43)28(42)27(41)22(17-38)46-31/h19-31,38-44H,9-18H2,1-8H3/t19?,20-,21?,22+,23+,24-,25+,26+,27+,28-,29+,30?,31-,34+,35-,36+,37+/m0/s1. The molecule has 0 aromatic heterocycles. The molecule has 1 saturated heterocycles. The molecule has 47 heavy (non-hydrogen) atoms. The minimum atomic E-state index is -1.51. The molecule has 3 unspecified atom stereocenters. The first-order chi connectivity index (χ1) is 21.8. The van der Waals surface area contributed by atoms with E-state index < -0.39 is 61.2 Å². The van der Waals surface area contributed by atoms with Crippen LogP contribution in [-0.4, -0.2) is 110 Å². The van der Waals surface area contributed by atoms with Crippen molar-refractivity contribution in [3.05, 3.63) is 0 Å². The number of rotatable bonds is 9. The van der Waals surface area contributed by atoms with Crippen LogP contribution in [0.15, 0.2) is 0 Å². The van der Waals surface area contributed by atoms with Gasteiger partial charge in [-0.1, -0.05) is 34.6 Å². The minimum Gasteiger partial charge on any atom is -0.394 e. The quantitative estimate of drug-likeness (QED) is 0.182. The second-order valence-corrected chi connectivity index (χ2v) is 18.5. The molecule has 7 N–H and O–H groups in total. The normalized spacial score (nSPS) is 52.4.